The Balaban J connectivity index is 1.48. The molecule has 0 radical (unpaired) electrons. The molecule has 0 unspecified atom stereocenters. The van der Waals surface area contributed by atoms with Crippen molar-refractivity contribution in [1.82, 2.24) is 30.1 Å². The minimum Gasteiger partial charge on any atom is -0.321 e. The predicted molar refractivity (Wildman–Crippen MR) is 151 cm³/mol. The van der Waals surface area contributed by atoms with E-state index in [0.29, 0.717) is 18.7 Å². The monoisotopic (exact) mass is 524 g/mol. The highest BCUT2D eigenvalue weighted by atomic mass is 19.1. The Morgan fingerprint density at radius 1 is 1.00 bits per heavy atom. The lowest BCUT2D eigenvalue weighted by Crippen LogP contribution is -2.34. The molecule has 0 aliphatic carbocycles. The van der Waals surface area contributed by atoms with Crippen LogP contribution in [0, 0.1) is 19.7 Å². The molecule has 0 fully saturated rings. The fourth-order valence-electron chi connectivity index (χ4n) is 5.18. The standard InChI is InChI=1S/C31H33FN6O/c1-4-28(30-34-35-36-38(30)19-24-11-13-27(32)14-12-24)37(16-15-23-9-5-7-21(2)17-23)20-26-18-25-10-6-8-22(3)29(25)33-31(26)39/h5-14,17-18,28H,4,15-16,19-20H2,1-3H3,(H,33,39)/t28-/m0/s1. The molecule has 2 aromatic heterocycles. The van der Waals surface area contributed by atoms with Gasteiger partial charge in [0, 0.05) is 18.7 Å². The maximum absolute atomic E-state index is 13.5. The second kappa shape index (κ2) is 11.7. The molecule has 0 saturated carbocycles. The topological polar surface area (TPSA) is 79.7 Å². The number of aryl methyl sites for hydroxylation is 2. The average molecular weight is 525 g/mol. The highest BCUT2D eigenvalue weighted by molar-refractivity contribution is 5.81. The first kappa shape index (κ1) is 26.4. The second-order valence-corrected chi connectivity index (χ2v) is 10.1. The van der Waals surface area contributed by atoms with Gasteiger partial charge in [-0.25, -0.2) is 9.07 Å². The van der Waals surface area contributed by atoms with E-state index in [-0.39, 0.29) is 17.4 Å². The summed E-state index contributed by atoms with van der Waals surface area (Å²) in [5.74, 6) is 0.444. The zero-order valence-corrected chi connectivity index (χ0v) is 22.6. The van der Waals surface area contributed by atoms with Crippen LogP contribution in [-0.2, 0) is 19.5 Å². The van der Waals surface area contributed by atoms with E-state index in [2.05, 4.69) is 63.5 Å². The normalized spacial score (nSPS) is 12.3. The number of nitrogens with one attached hydrogen (secondary N) is 1. The molecule has 1 atom stereocenters. The lowest BCUT2D eigenvalue weighted by atomic mass is 10.0. The van der Waals surface area contributed by atoms with Crippen LogP contribution < -0.4 is 5.56 Å². The maximum atomic E-state index is 13.5. The molecule has 0 aliphatic heterocycles. The van der Waals surface area contributed by atoms with Gasteiger partial charge in [-0.3, -0.25) is 9.69 Å². The van der Waals surface area contributed by atoms with Crippen LogP contribution in [0.4, 0.5) is 4.39 Å². The fourth-order valence-corrected chi connectivity index (χ4v) is 5.18. The van der Waals surface area contributed by atoms with Gasteiger partial charge in [0.2, 0.25) is 0 Å². The van der Waals surface area contributed by atoms with E-state index >= 15 is 0 Å². The minimum absolute atomic E-state index is 0.0851. The number of aromatic amines is 1. The summed E-state index contributed by atoms with van der Waals surface area (Å²) in [4.78, 5) is 18.6. The third-order valence-corrected chi connectivity index (χ3v) is 7.24. The van der Waals surface area contributed by atoms with Crippen molar-refractivity contribution in [2.75, 3.05) is 6.54 Å². The molecule has 2 heterocycles. The van der Waals surface area contributed by atoms with Crippen molar-refractivity contribution in [2.24, 2.45) is 0 Å². The lowest BCUT2D eigenvalue weighted by molar-refractivity contribution is 0.172. The van der Waals surface area contributed by atoms with Crippen LogP contribution in [0.3, 0.4) is 0 Å². The maximum Gasteiger partial charge on any atom is 0.252 e. The van der Waals surface area contributed by atoms with Crippen molar-refractivity contribution in [2.45, 2.75) is 52.7 Å². The quantitative estimate of drug-likeness (QED) is 0.260. The highest BCUT2D eigenvalue weighted by Gasteiger charge is 2.26. The smallest absolute Gasteiger partial charge is 0.252 e. The molecule has 3 aromatic carbocycles. The summed E-state index contributed by atoms with van der Waals surface area (Å²) in [6.07, 6.45) is 1.57. The molecule has 7 nitrogen and oxygen atoms in total. The zero-order valence-electron chi connectivity index (χ0n) is 22.6. The molecule has 0 saturated heterocycles. The Labute approximate surface area is 227 Å². The Morgan fingerprint density at radius 3 is 2.56 bits per heavy atom. The summed E-state index contributed by atoms with van der Waals surface area (Å²) in [6.45, 7) is 7.80. The Morgan fingerprint density at radius 2 is 1.79 bits per heavy atom. The van der Waals surface area contributed by atoms with Crippen LogP contribution >= 0.6 is 0 Å². The van der Waals surface area contributed by atoms with Crippen LogP contribution in [0.5, 0.6) is 0 Å². The van der Waals surface area contributed by atoms with Gasteiger partial charge in [0.1, 0.15) is 5.82 Å². The fraction of sp³-hybridized carbons (Fsp3) is 0.290. The molecular formula is C31H33FN6O. The number of tetrazole rings is 1. The summed E-state index contributed by atoms with van der Waals surface area (Å²) >= 11 is 0. The third kappa shape index (κ3) is 6.12. The number of H-pyrrole nitrogens is 1. The summed E-state index contributed by atoms with van der Waals surface area (Å²) in [7, 11) is 0. The van der Waals surface area contributed by atoms with E-state index in [4.69, 9.17) is 0 Å². The van der Waals surface area contributed by atoms with E-state index in [0.717, 1.165) is 47.2 Å². The second-order valence-electron chi connectivity index (χ2n) is 10.1. The number of nitrogens with zero attached hydrogens (tertiary/aromatic N) is 5. The summed E-state index contributed by atoms with van der Waals surface area (Å²) in [6, 6.07) is 22.8. The van der Waals surface area contributed by atoms with E-state index in [1.807, 2.05) is 31.2 Å². The molecular weight excluding hydrogens is 491 g/mol. The minimum atomic E-state index is -0.278. The summed E-state index contributed by atoms with van der Waals surface area (Å²) < 4.78 is 15.2. The molecule has 0 aliphatic rings. The number of benzene rings is 3. The van der Waals surface area contributed by atoms with Gasteiger partial charge in [0.25, 0.3) is 5.56 Å². The average Bonchev–Trinajstić information content (AvgIpc) is 3.37. The number of aromatic nitrogens is 5. The molecule has 0 bridgehead atoms. The van der Waals surface area contributed by atoms with Gasteiger partial charge >= 0.3 is 0 Å². The molecule has 5 rings (SSSR count). The van der Waals surface area contributed by atoms with Gasteiger partial charge in [0.15, 0.2) is 5.82 Å². The van der Waals surface area contributed by atoms with Gasteiger partial charge < -0.3 is 4.98 Å². The molecule has 1 N–H and O–H groups in total. The molecule has 39 heavy (non-hydrogen) atoms. The van der Waals surface area contributed by atoms with Crippen molar-refractivity contribution in [1.29, 1.82) is 0 Å². The van der Waals surface area contributed by atoms with Crippen molar-refractivity contribution < 1.29 is 4.39 Å². The first-order chi connectivity index (χ1) is 18.9. The largest absolute Gasteiger partial charge is 0.321 e. The highest BCUT2D eigenvalue weighted by Crippen LogP contribution is 2.26. The van der Waals surface area contributed by atoms with Gasteiger partial charge in [-0.15, -0.1) is 5.10 Å². The molecule has 200 valence electrons. The van der Waals surface area contributed by atoms with Crippen molar-refractivity contribution in [3.63, 3.8) is 0 Å². The van der Waals surface area contributed by atoms with Crippen molar-refractivity contribution in [3.8, 4) is 0 Å². The molecule has 0 amide bonds. The number of hydrogen-bond donors (Lipinski definition) is 1. The SMILES string of the molecule is CC[C@@H](c1nnnn1Cc1ccc(F)cc1)N(CCc1cccc(C)c1)Cc1cc2cccc(C)c2[nH]c1=O. The Kier molecular flexibility index (Phi) is 7.93. The van der Waals surface area contributed by atoms with E-state index in [1.165, 1.54) is 23.3 Å². The third-order valence-electron chi connectivity index (χ3n) is 7.24. The molecule has 0 spiro atoms. The summed E-state index contributed by atoms with van der Waals surface area (Å²) in [5.41, 5.74) is 5.89. The van der Waals surface area contributed by atoms with E-state index in [9.17, 15) is 9.18 Å². The zero-order chi connectivity index (χ0) is 27.4. The van der Waals surface area contributed by atoms with Gasteiger partial charge in [-0.1, -0.05) is 67.1 Å². The first-order valence-corrected chi connectivity index (χ1v) is 13.3. The number of para-hydroxylation sites is 1. The van der Waals surface area contributed by atoms with Gasteiger partial charge in [0.05, 0.1) is 18.1 Å². The number of hydrogen-bond acceptors (Lipinski definition) is 5. The predicted octanol–water partition coefficient (Wildman–Crippen LogP) is 5.51. The van der Waals surface area contributed by atoms with Crippen LogP contribution in [0.15, 0.2) is 77.6 Å². The Bertz CT molecular complexity index is 1620. The molecule has 5 aromatic rings. The molecule has 8 heteroatoms. The Hall–Kier alpha value is -4.17. The van der Waals surface area contributed by atoms with Crippen LogP contribution in [0.2, 0.25) is 0 Å². The van der Waals surface area contributed by atoms with Crippen molar-refractivity contribution in [3.05, 3.63) is 123 Å². The van der Waals surface area contributed by atoms with E-state index < -0.39 is 0 Å². The first-order valence-electron chi connectivity index (χ1n) is 13.3. The van der Waals surface area contributed by atoms with Crippen LogP contribution in [0.25, 0.3) is 10.9 Å². The van der Waals surface area contributed by atoms with Gasteiger partial charge in [-0.05, 0) is 77.4 Å². The van der Waals surface area contributed by atoms with Crippen LogP contribution in [0.1, 0.15) is 53.0 Å². The van der Waals surface area contributed by atoms with E-state index in [1.54, 1.807) is 16.8 Å². The van der Waals surface area contributed by atoms with Gasteiger partial charge in [-0.2, -0.15) is 0 Å². The summed E-state index contributed by atoms with van der Waals surface area (Å²) in [5, 5.41) is 13.7. The number of fused-ring (bicyclic) bond motifs is 1. The number of halogens is 1. The van der Waals surface area contributed by atoms with Crippen molar-refractivity contribution >= 4 is 10.9 Å². The van der Waals surface area contributed by atoms with Crippen LogP contribution in [-0.4, -0.2) is 36.6 Å². The number of pyridine rings is 1. The number of rotatable bonds is 10. The lowest BCUT2D eigenvalue weighted by Gasteiger charge is -2.30.